The molecule has 0 atom stereocenters. The molecule has 0 aliphatic heterocycles. The highest BCUT2D eigenvalue weighted by molar-refractivity contribution is 5.39. The van der Waals surface area contributed by atoms with E-state index in [0.29, 0.717) is 0 Å². The summed E-state index contributed by atoms with van der Waals surface area (Å²) in [6, 6.07) is 7.97. The van der Waals surface area contributed by atoms with E-state index in [9.17, 15) is 0 Å². The summed E-state index contributed by atoms with van der Waals surface area (Å²) in [5.74, 6) is 0. The molecule has 0 saturated carbocycles. The Morgan fingerprint density at radius 2 is 1.82 bits per heavy atom. The molecule has 1 heterocycles. The Balaban J connectivity index is 2.27. The van der Waals surface area contributed by atoms with Gasteiger partial charge in [0.1, 0.15) is 0 Å². The lowest BCUT2D eigenvalue weighted by Gasteiger charge is -2.05. The third-order valence-corrected chi connectivity index (χ3v) is 3.20. The third kappa shape index (κ3) is 2.33. The lowest BCUT2D eigenvalue weighted by Crippen LogP contribution is -2.04. The molecule has 3 heteroatoms. The first-order valence-electron chi connectivity index (χ1n) is 5.99. The van der Waals surface area contributed by atoms with Crippen LogP contribution in [0.15, 0.2) is 24.3 Å². The molecular weight excluding hydrogens is 210 g/mol. The molecule has 2 aromatic rings. The molecule has 17 heavy (non-hydrogen) atoms. The van der Waals surface area contributed by atoms with Crippen molar-refractivity contribution in [3.63, 3.8) is 0 Å². The molecule has 3 nitrogen and oxygen atoms in total. The van der Waals surface area contributed by atoms with Crippen molar-refractivity contribution >= 4 is 5.69 Å². The molecule has 1 aromatic carbocycles. The van der Waals surface area contributed by atoms with Crippen molar-refractivity contribution in [3.05, 3.63) is 46.8 Å². The summed E-state index contributed by atoms with van der Waals surface area (Å²) in [4.78, 5) is 0. The van der Waals surface area contributed by atoms with Crippen LogP contribution in [-0.4, -0.2) is 9.78 Å². The number of hydrogen-bond acceptors (Lipinski definition) is 2. The van der Waals surface area contributed by atoms with E-state index in [1.807, 2.05) is 12.1 Å². The number of nitrogens with two attached hydrogens (primary N) is 1. The van der Waals surface area contributed by atoms with Crippen LogP contribution in [0, 0.1) is 13.8 Å². The van der Waals surface area contributed by atoms with Gasteiger partial charge in [0.25, 0.3) is 0 Å². The van der Waals surface area contributed by atoms with Gasteiger partial charge in [0.2, 0.25) is 0 Å². The molecule has 0 spiro atoms. The standard InChI is InChI=1S/C14H19N3/c1-4-14-10(2)16-17(11(14)3)9-12-5-7-13(15)8-6-12/h5-8H,4,9,15H2,1-3H3. The molecule has 0 saturated heterocycles. The topological polar surface area (TPSA) is 43.8 Å². The van der Waals surface area contributed by atoms with Gasteiger partial charge < -0.3 is 5.73 Å². The van der Waals surface area contributed by atoms with Gasteiger partial charge in [-0.2, -0.15) is 5.10 Å². The molecular formula is C14H19N3. The van der Waals surface area contributed by atoms with Crippen LogP contribution in [0.1, 0.15) is 29.4 Å². The number of aryl methyl sites for hydroxylation is 1. The minimum Gasteiger partial charge on any atom is -0.399 e. The zero-order valence-corrected chi connectivity index (χ0v) is 10.7. The highest BCUT2D eigenvalue weighted by atomic mass is 15.3. The first kappa shape index (κ1) is 11.7. The van der Waals surface area contributed by atoms with Crippen molar-refractivity contribution in [2.75, 3.05) is 5.73 Å². The van der Waals surface area contributed by atoms with Crippen molar-refractivity contribution < 1.29 is 0 Å². The zero-order valence-electron chi connectivity index (χ0n) is 10.7. The van der Waals surface area contributed by atoms with E-state index in [4.69, 9.17) is 5.73 Å². The van der Waals surface area contributed by atoms with Crippen LogP contribution in [0.3, 0.4) is 0 Å². The van der Waals surface area contributed by atoms with Gasteiger partial charge in [-0.1, -0.05) is 19.1 Å². The number of rotatable bonds is 3. The van der Waals surface area contributed by atoms with Crippen molar-refractivity contribution in [2.24, 2.45) is 0 Å². The fourth-order valence-corrected chi connectivity index (χ4v) is 2.20. The van der Waals surface area contributed by atoms with Crippen LogP contribution in [0.4, 0.5) is 5.69 Å². The second-order valence-corrected chi connectivity index (χ2v) is 4.40. The Labute approximate surface area is 102 Å². The van der Waals surface area contributed by atoms with E-state index < -0.39 is 0 Å². The predicted octanol–water partition coefficient (Wildman–Crippen LogP) is 2.69. The van der Waals surface area contributed by atoms with Crippen molar-refractivity contribution in [1.82, 2.24) is 9.78 Å². The van der Waals surface area contributed by atoms with E-state index in [-0.39, 0.29) is 0 Å². The molecule has 0 aliphatic rings. The lowest BCUT2D eigenvalue weighted by atomic mass is 10.1. The molecule has 0 aliphatic carbocycles. The zero-order chi connectivity index (χ0) is 12.4. The summed E-state index contributed by atoms with van der Waals surface area (Å²) in [6.07, 6.45) is 1.04. The van der Waals surface area contributed by atoms with Crippen LogP contribution < -0.4 is 5.73 Å². The van der Waals surface area contributed by atoms with E-state index >= 15 is 0 Å². The van der Waals surface area contributed by atoms with Crippen LogP contribution in [0.25, 0.3) is 0 Å². The second-order valence-electron chi connectivity index (χ2n) is 4.40. The number of anilines is 1. The lowest BCUT2D eigenvalue weighted by molar-refractivity contribution is 0.658. The number of nitrogens with zero attached hydrogens (tertiary/aromatic N) is 2. The smallest absolute Gasteiger partial charge is 0.0662 e. The van der Waals surface area contributed by atoms with Crippen molar-refractivity contribution in [3.8, 4) is 0 Å². The van der Waals surface area contributed by atoms with Gasteiger partial charge in [0.05, 0.1) is 12.2 Å². The van der Waals surface area contributed by atoms with Crippen LogP contribution >= 0.6 is 0 Å². The summed E-state index contributed by atoms with van der Waals surface area (Å²) in [7, 11) is 0. The van der Waals surface area contributed by atoms with Crippen LogP contribution in [0.2, 0.25) is 0 Å². The van der Waals surface area contributed by atoms with Gasteiger partial charge in [-0.05, 0) is 43.5 Å². The Bertz CT molecular complexity index is 509. The molecule has 0 amide bonds. The minimum absolute atomic E-state index is 0.802. The molecule has 0 unspecified atom stereocenters. The number of nitrogen functional groups attached to an aromatic ring is 1. The Morgan fingerprint density at radius 3 is 2.35 bits per heavy atom. The molecule has 0 radical (unpaired) electrons. The quantitative estimate of drug-likeness (QED) is 0.822. The summed E-state index contributed by atoms with van der Waals surface area (Å²) in [5.41, 5.74) is 11.5. The van der Waals surface area contributed by atoms with Gasteiger partial charge in [0.15, 0.2) is 0 Å². The average Bonchev–Trinajstić information content (AvgIpc) is 2.57. The van der Waals surface area contributed by atoms with Gasteiger partial charge in [-0.3, -0.25) is 4.68 Å². The molecule has 2 rings (SSSR count). The highest BCUT2D eigenvalue weighted by Gasteiger charge is 2.09. The molecule has 0 fully saturated rings. The van der Waals surface area contributed by atoms with E-state index in [0.717, 1.165) is 24.3 Å². The first-order valence-corrected chi connectivity index (χ1v) is 5.99. The number of hydrogen-bond donors (Lipinski definition) is 1. The van der Waals surface area contributed by atoms with E-state index in [1.54, 1.807) is 0 Å². The van der Waals surface area contributed by atoms with Crippen LogP contribution in [0.5, 0.6) is 0 Å². The maximum Gasteiger partial charge on any atom is 0.0662 e. The monoisotopic (exact) mass is 229 g/mol. The fraction of sp³-hybridized carbons (Fsp3) is 0.357. The van der Waals surface area contributed by atoms with Gasteiger partial charge in [-0.25, -0.2) is 0 Å². The Morgan fingerprint density at radius 1 is 1.18 bits per heavy atom. The summed E-state index contributed by atoms with van der Waals surface area (Å²) >= 11 is 0. The Kier molecular flexibility index (Phi) is 3.18. The number of aromatic nitrogens is 2. The first-order chi connectivity index (χ1) is 8.11. The van der Waals surface area contributed by atoms with E-state index in [1.165, 1.54) is 16.8 Å². The van der Waals surface area contributed by atoms with Crippen molar-refractivity contribution in [1.29, 1.82) is 0 Å². The molecule has 0 bridgehead atoms. The summed E-state index contributed by atoms with van der Waals surface area (Å²) < 4.78 is 2.07. The summed E-state index contributed by atoms with van der Waals surface area (Å²) in [5, 5.41) is 4.58. The maximum atomic E-state index is 5.68. The third-order valence-electron chi connectivity index (χ3n) is 3.20. The normalized spacial score (nSPS) is 10.8. The Hall–Kier alpha value is -1.77. The fourth-order valence-electron chi connectivity index (χ4n) is 2.20. The minimum atomic E-state index is 0.802. The largest absolute Gasteiger partial charge is 0.399 e. The van der Waals surface area contributed by atoms with Crippen molar-refractivity contribution in [2.45, 2.75) is 33.7 Å². The van der Waals surface area contributed by atoms with Gasteiger partial charge in [0, 0.05) is 11.4 Å². The molecule has 90 valence electrons. The van der Waals surface area contributed by atoms with Crippen LogP contribution in [-0.2, 0) is 13.0 Å². The predicted molar refractivity (Wildman–Crippen MR) is 71.0 cm³/mol. The summed E-state index contributed by atoms with van der Waals surface area (Å²) in [6.45, 7) is 7.19. The number of benzene rings is 1. The van der Waals surface area contributed by atoms with Gasteiger partial charge >= 0.3 is 0 Å². The second kappa shape index (κ2) is 4.62. The molecule has 1 aromatic heterocycles. The van der Waals surface area contributed by atoms with E-state index in [2.05, 4.69) is 42.7 Å². The maximum absolute atomic E-state index is 5.68. The molecule has 2 N–H and O–H groups in total. The SMILES string of the molecule is CCc1c(C)nn(Cc2ccc(N)cc2)c1C. The highest BCUT2D eigenvalue weighted by Crippen LogP contribution is 2.15. The average molecular weight is 229 g/mol. The van der Waals surface area contributed by atoms with Gasteiger partial charge in [-0.15, -0.1) is 0 Å².